The number of aryl methyl sites for hydroxylation is 1. The summed E-state index contributed by atoms with van der Waals surface area (Å²) in [4.78, 5) is 3.89. The van der Waals surface area contributed by atoms with Crippen molar-refractivity contribution in [2.24, 2.45) is 5.73 Å². The van der Waals surface area contributed by atoms with Crippen molar-refractivity contribution in [2.45, 2.75) is 44.2 Å². The van der Waals surface area contributed by atoms with Gasteiger partial charge < -0.3 is 5.73 Å². The molecule has 0 amide bonds. The number of rotatable bonds is 5. The molecule has 0 saturated heterocycles. The highest BCUT2D eigenvalue weighted by Crippen LogP contribution is 2.36. The second kappa shape index (κ2) is 3.46. The van der Waals surface area contributed by atoms with Crippen LogP contribution in [0.5, 0.6) is 0 Å². The minimum Gasteiger partial charge on any atom is -0.325 e. The fraction of sp³-hybridized carbons (Fsp3) is 0.778. The zero-order valence-corrected chi connectivity index (χ0v) is 7.82. The van der Waals surface area contributed by atoms with Gasteiger partial charge in [0.15, 0.2) is 0 Å². The van der Waals surface area contributed by atoms with Gasteiger partial charge in [0, 0.05) is 12.1 Å². The Morgan fingerprint density at radius 2 is 2.23 bits per heavy atom. The topological polar surface area (TPSA) is 56.7 Å². The summed E-state index contributed by atoms with van der Waals surface area (Å²) in [6.07, 6.45) is 9.30. The van der Waals surface area contributed by atoms with Gasteiger partial charge in [0.1, 0.15) is 12.7 Å². The van der Waals surface area contributed by atoms with Crippen LogP contribution in [0.4, 0.5) is 0 Å². The third kappa shape index (κ3) is 2.52. The van der Waals surface area contributed by atoms with Crippen LogP contribution in [0.25, 0.3) is 0 Å². The molecule has 0 bridgehead atoms. The average Bonchev–Trinajstić information content (AvgIpc) is 2.69. The van der Waals surface area contributed by atoms with Gasteiger partial charge in [-0.25, -0.2) is 4.98 Å². The minimum atomic E-state index is 0.211. The molecule has 1 fully saturated rings. The van der Waals surface area contributed by atoms with Crippen LogP contribution in [0.2, 0.25) is 0 Å². The number of unbranched alkanes of at least 4 members (excludes halogenated alkanes) is 1. The van der Waals surface area contributed by atoms with Gasteiger partial charge in [-0.2, -0.15) is 5.10 Å². The van der Waals surface area contributed by atoms with E-state index in [2.05, 4.69) is 10.1 Å². The lowest BCUT2D eigenvalue weighted by Gasteiger charge is -2.07. The van der Waals surface area contributed by atoms with E-state index in [0.29, 0.717) is 0 Å². The van der Waals surface area contributed by atoms with Crippen LogP contribution < -0.4 is 5.73 Å². The summed E-state index contributed by atoms with van der Waals surface area (Å²) in [5, 5.41) is 4.04. The van der Waals surface area contributed by atoms with E-state index in [1.165, 1.54) is 25.7 Å². The Morgan fingerprint density at radius 3 is 2.85 bits per heavy atom. The second-order valence-electron chi connectivity index (χ2n) is 3.98. The third-order valence-corrected chi connectivity index (χ3v) is 2.67. The molecule has 0 aromatic carbocycles. The third-order valence-electron chi connectivity index (χ3n) is 2.67. The Labute approximate surface area is 78.1 Å². The van der Waals surface area contributed by atoms with Gasteiger partial charge in [0.25, 0.3) is 0 Å². The smallest absolute Gasteiger partial charge is 0.137 e. The van der Waals surface area contributed by atoms with E-state index in [1.807, 2.05) is 4.68 Å². The summed E-state index contributed by atoms with van der Waals surface area (Å²) >= 11 is 0. The molecule has 1 aromatic heterocycles. The van der Waals surface area contributed by atoms with Crippen molar-refractivity contribution in [3.63, 3.8) is 0 Å². The van der Waals surface area contributed by atoms with Crippen LogP contribution in [0.15, 0.2) is 12.7 Å². The summed E-state index contributed by atoms with van der Waals surface area (Å²) < 4.78 is 1.87. The standard InChI is InChI=1S/C9H16N4/c10-9(4-5-9)3-1-2-6-13-8-11-7-12-13/h7-8H,1-6,10H2. The van der Waals surface area contributed by atoms with Crippen LogP contribution in [-0.2, 0) is 6.54 Å². The molecule has 4 nitrogen and oxygen atoms in total. The summed E-state index contributed by atoms with van der Waals surface area (Å²) in [6, 6.07) is 0. The molecule has 72 valence electrons. The molecule has 1 aromatic rings. The van der Waals surface area contributed by atoms with Gasteiger partial charge in [-0.15, -0.1) is 0 Å². The maximum Gasteiger partial charge on any atom is 0.137 e. The monoisotopic (exact) mass is 180 g/mol. The molecule has 0 unspecified atom stereocenters. The molecule has 2 N–H and O–H groups in total. The Morgan fingerprint density at radius 1 is 1.38 bits per heavy atom. The van der Waals surface area contributed by atoms with Crippen molar-refractivity contribution in [2.75, 3.05) is 0 Å². The van der Waals surface area contributed by atoms with Gasteiger partial charge in [-0.3, -0.25) is 4.68 Å². The quantitative estimate of drug-likeness (QED) is 0.686. The predicted molar refractivity (Wildman–Crippen MR) is 50.0 cm³/mol. The van der Waals surface area contributed by atoms with Crippen LogP contribution in [0.1, 0.15) is 32.1 Å². The maximum atomic E-state index is 5.97. The fourth-order valence-electron chi connectivity index (χ4n) is 1.51. The van der Waals surface area contributed by atoms with Crippen LogP contribution >= 0.6 is 0 Å². The zero-order valence-electron chi connectivity index (χ0n) is 7.82. The number of nitrogens with two attached hydrogens (primary N) is 1. The first kappa shape index (κ1) is 8.69. The average molecular weight is 180 g/mol. The first-order chi connectivity index (χ1) is 6.29. The van der Waals surface area contributed by atoms with Crippen molar-refractivity contribution in [1.29, 1.82) is 0 Å². The van der Waals surface area contributed by atoms with E-state index in [9.17, 15) is 0 Å². The number of hydrogen-bond donors (Lipinski definition) is 1. The van der Waals surface area contributed by atoms with E-state index in [4.69, 9.17) is 5.73 Å². The predicted octanol–water partition coefficient (Wildman–Crippen LogP) is 0.940. The number of aromatic nitrogens is 3. The van der Waals surface area contributed by atoms with Crippen molar-refractivity contribution < 1.29 is 0 Å². The van der Waals surface area contributed by atoms with Gasteiger partial charge >= 0.3 is 0 Å². The van der Waals surface area contributed by atoms with Crippen molar-refractivity contribution in [3.8, 4) is 0 Å². The molecular formula is C9H16N4. The molecule has 0 aliphatic heterocycles. The molecule has 1 heterocycles. The normalized spacial score (nSPS) is 18.8. The van der Waals surface area contributed by atoms with Crippen LogP contribution in [0, 0.1) is 0 Å². The molecule has 4 heteroatoms. The lowest BCUT2D eigenvalue weighted by Crippen LogP contribution is -2.21. The molecule has 2 rings (SSSR count). The lowest BCUT2D eigenvalue weighted by atomic mass is 10.1. The molecule has 1 aliphatic carbocycles. The molecule has 0 spiro atoms. The molecule has 0 atom stereocenters. The SMILES string of the molecule is NC1(CCCCn2cncn2)CC1. The van der Waals surface area contributed by atoms with Gasteiger partial charge in [0.2, 0.25) is 0 Å². The van der Waals surface area contributed by atoms with Crippen molar-refractivity contribution in [1.82, 2.24) is 14.8 Å². The van der Waals surface area contributed by atoms with E-state index < -0.39 is 0 Å². The first-order valence-electron chi connectivity index (χ1n) is 4.90. The molecule has 0 radical (unpaired) electrons. The zero-order chi connectivity index (χ0) is 9.15. The highest BCUT2D eigenvalue weighted by Gasteiger charge is 2.36. The molecular weight excluding hydrogens is 164 g/mol. The molecule has 13 heavy (non-hydrogen) atoms. The largest absolute Gasteiger partial charge is 0.325 e. The van der Waals surface area contributed by atoms with E-state index >= 15 is 0 Å². The van der Waals surface area contributed by atoms with Gasteiger partial charge in [-0.1, -0.05) is 0 Å². The van der Waals surface area contributed by atoms with Crippen molar-refractivity contribution >= 4 is 0 Å². The van der Waals surface area contributed by atoms with E-state index in [-0.39, 0.29) is 5.54 Å². The van der Waals surface area contributed by atoms with Gasteiger partial charge in [-0.05, 0) is 32.1 Å². The first-order valence-corrected chi connectivity index (χ1v) is 4.90. The van der Waals surface area contributed by atoms with E-state index in [0.717, 1.165) is 13.0 Å². The molecule has 1 aliphatic rings. The van der Waals surface area contributed by atoms with Crippen LogP contribution in [-0.4, -0.2) is 20.3 Å². The maximum absolute atomic E-state index is 5.97. The summed E-state index contributed by atoms with van der Waals surface area (Å²) in [5.74, 6) is 0. The fourth-order valence-corrected chi connectivity index (χ4v) is 1.51. The lowest BCUT2D eigenvalue weighted by molar-refractivity contribution is 0.501. The molecule has 1 saturated carbocycles. The summed E-state index contributed by atoms with van der Waals surface area (Å²) in [5.41, 5.74) is 6.18. The van der Waals surface area contributed by atoms with E-state index in [1.54, 1.807) is 12.7 Å². The highest BCUT2D eigenvalue weighted by atomic mass is 15.3. The van der Waals surface area contributed by atoms with Crippen LogP contribution in [0.3, 0.4) is 0 Å². The van der Waals surface area contributed by atoms with Crippen molar-refractivity contribution in [3.05, 3.63) is 12.7 Å². The number of nitrogens with zero attached hydrogens (tertiary/aromatic N) is 3. The summed E-state index contributed by atoms with van der Waals surface area (Å²) in [6.45, 7) is 0.968. The second-order valence-corrected chi connectivity index (χ2v) is 3.98. The Kier molecular flexibility index (Phi) is 2.31. The number of hydrogen-bond acceptors (Lipinski definition) is 3. The highest BCUT2D eigenvalue weighted by molar-refractivity contribution is 4.97. The Balaban J connectivity index is 1.59. The van der Waals surface area contributed by atoms with Gasteiger partial charge in [0.05, 0.1) is 0 Å². The Hall–Kier alpha value is -0.900. The summed E-state index contributed by atoms with van der Waals surface area (Å²) in [7, 11) is 0. The minimum absolute atomic E-state index is 0.211. The Bertz CT molecular complexity index is 251.